The van der Waals surface area contributed by atoms with Crippen molar-refractivity contribution in [2.45, 2.75) is 37.1 Å². The lowest BCUT2D eigenvalue weighted by Crippen LogP contribution is -2.45. The third kappa shape index (κ3) is 3.61. The Balaban J connectivity index is 1.76. The predicted octanol–water partition coefficient (Wildman–Crippen LogP) is 3.65. The van der Waals surface area contributed by atoms with Crippen molar-refractivity contribution in [3.63, 3.8) is 0 Å². The highest BCUT2D eigenvalue weighted by Gasteiger charge is 2.42. The van der Waals surface area contributed by atoms with Gasteiger partial charge in [-0.2, -0.15) is 0 Å². The van der Waals surface area contributed by atoms with Gasteiger partial charge in [0.2, 0.25) is 5.91 Å². The summed E-state index contributed by atoms with van der Waals surface area (Å²) in [6.07, 6.45) is 5.28. The number of carbonyl (C=O) groups is 1. The maximum absolute atomic E-state index is 13.3. The molecule has 1 aromatic carbocycles. The molecule has 1 N–H and O–H groups in total. The molecular weight excluding hydrogens is 319 g/mol. The first-order chi connectivity index (χ1) is 12.0. The number of hydrogen-bond donors (Lipinski definition) is 1. The molecule has 5 heteroatoms. The van der Waals surface area contributed by atoms with E-state index in [9.17, 15) is 9.18 Å². The maximum Gasteiger partial charge on any atom is 0.230 e. The average molecular weight is 344 g/mol. The van der Waals surface area contributed by atoms with Gasteiger partial charge in [-0.1, -0.05) is 25.0 Å². The molecule has 0 radical (unpaired) electrons. The molecule has 1 unspecified atom stereocenters. The van der Waals surface area contributed by atoms with Gasteiger partial charge in [-0.05, 0) is 56.8 Å². The zero-order chi connectivity index (χ0) is 17.9. The molecule has 0 aliphatic heterocycles. The minimum absolute atomic E-state index is 0.0226. The van der Waals surface area contributed by atoms with Gasteiger partial charge in [0.15, 0.2) is 0 Å². The van der Waals surface area contributed by atoms with Crippen LogP contribution in [0.2, 0.25) is 0 Å². The lowest BCUT2D eigenvalue weighted by Gasteiger charge is -2.30. The first-order valence-electron chi connectivity index (χ1n) is 8.77. The van der Waals surface area contributed by atoms with E-state index in [2.05, 4.69) is 5.32 Å². The summed E-state index contributed by atoms with van der Waals surface area (Å²) in [7, 11) is 3.93. The quantitative estimate of drug-likeness (QED) is 0.870. The van der Waals surface area contributed by atoms with Gasteiger partial charge in [-0.25, -0.2) is 4.39 Å². The maximum atomic E-state index is 13.3. The van der Waals surface area contributed by atoms with E-state index in [0.717, 1.165) is 37.0 Å². The number of likely N-dealkylation sites (N-methyl/N-ethyl adjacent to an activating group) is 1. The first kappa shape index (κ1) is 17.7. The number of rotatable bonds is 6. The summed E-state index contributed by atoms with van der Waals surface area (Å²) < 4.78 is 18.8. The van der Waals surface area contributed by atoms with Gasteiger partial charge in [0, 0.05) is 6.54 Å². The second kappa shape index (κ2) is 7.40. The summed E-state index contributed by atoms with van der Waals surface area (Å²) in [5.41, 5.74) is 0.358. The molecule has 1 aliphatic carbocycles. The van der Waals surface area contributed by atoms with Crippen LogP contribution >= 0.6 is 0 Å². The van der Waals surface area contributed by atoms with E-state index < -0.39 is 5.41 Å². The zero-order valence-electron chi connectivity index (χ0n) is 14.8. The fourth-order valence-electron chi connectivity index (χ4n) is 3.77. The van der Waals surface area contributed by atoms with Crippen molar-refractivity contribution in [1.82, 2.24) is 10.2 Å². The molecule has 0 saturated heterocycles. The Bertz CT molecular complexity index is 689. The number of furan rings is 1. The third-order valence-corrected chi connectivity index (χ3v) is 5.24. The lowest BCUT2D eigenvalue weighted by molar-refractivity contribution is -0.126. The Morgan fingerprint density at radius 2 is 1.92 bits per heavy atom. The van der Waals surface area contributed by atoms with Crippen LogP contribution in [0.25, 0.3) is 0 Å². The van der Waals surface area contributed by atoms with Crippen LogP contribution in [-0.4, -0.2) is 31.4 Å². The Labute approximate surface area is 148 Å². The summed E-state index contributed by atoms with van der Waals surface area (Å²) in [4.78, 5) is 15.1. The molecule has 1 aliphatic rings. The number of nitrogens with zero attached hydrogens (tertiary/aromatic N) is 1. The van der Waals surface area contributed by atoms with Crippen LogP contribution in [0.3, 0.4) is 0 Å². The molecular formula is C20H25FN2O2. The SMILES string of the molecule is CN(C)C(CNC(=O)C1(c2ccc(F)cc2)CCCC1)c1ccco1. The Morgan fingerprint density at radius 1 is 1.24 bits per heavy atom. The molecule has 1 atom stereocenters. The number of amides is 1. The second-order valence-corrected chi connectivity index (χ2v) is 7.00. The van der Waals surface area contributed by atoms with Crippen molar-refractivity contribution in [3.05, 3.63) is 59.8 Å². The fraction of sp³-hybridized carbons (Fsp3) is 0.450. The molecule has 1 saturated carbocycles. The van der Waals surface area contributed by atoms with Crippen molar-refractivity contribution in [3.8, 4) is 0 Å². The Hall–Kier alpha value is -2.14. The van der Waals surface area contributed by atoms with E-state index in [1.54, 1.807) is 18.4 Å². The highest BCUT2D eigenvalue weighted by Crippen LogP contribution is 2.41. The van der Waals surface area contributed by atoms with Crippen LogP contribution < -0.4 is 5.32 Å². The van der Waals surface area contributed by atoms with Gasteiger partial charge in [-0.3, -0.25) is 9.69 Å². The second-order valence-electron chi connectivity index (χ2n) is 7.00. The molecule has 3 rings (SSSR count). The molecule has 1 amide bonds. The smallest absolute Gasteiger partial charge is 0.230 e. The van der Waals surface area contributed by atoms with Crippen LogP contribution in [0, 0.1) is 5.82 Å². The molecule has 0 spiro atoms. The minimum Gasteiger partial charge on any atom is -0.468 e. The number of carbonyl (C=O) groups excluding carboxylic acids is 1. The summed E-state index contributed by atoms with van der Waals surface area (Å²) in [5.74, 6) is 0.574. The molecule has 4 nitrogen and oxygen atoms in total. The van der Waals surface area contributed by atoms with E-state index in [1.807, 2.05) is 31.1 Å². The normalized spacial score (nSPS) is 17.6. The van der Waals surface area contributed by atoms with Gasteiger partial charge < -0.3 is 9.73 Å². The third-order valence-electron chi connectivity index (χ3n) is 5.24. The average Bonchev–Trinajstić information content (AvgIpc) is 3.28. The lowest BCUT2D eigenvalue weighted by atomic mass is 9.78. The van der Waals surface area contributed by atoms with Crippen LogP contribution in [-0.2, 0) is 10.2 Å². The Morgan fingerprint density at radius 3 is 2.48 bits per heavy atom. The molecule has 1 aromatic heterocycles. The van der Waals surface area contributed by atoms with Crippen molar-refractivity contribution in [1.29, 1.82) is 0 Å². The molecule has 2 aromatic rings. The van der Waals surface area contributed by atoms with Crippen LogP contribution in [0.15, 0.2) is 47.1 Å². The zero-order valence-corrected chi connectivity index (χ0v) is 14.8. The number of nitrogens with one attached hydrogen (secondary N) is 1. The summed E-state index contributed by atoms with van der Waals surface area (Å²) in [5, 5.41) is 3.11. The van der Waals surface area contributed by atoms with Gasteiger partial charge >= 0.3 is 0 Å². The summed E-state index contributed by atoms with van der Waals surface area (Å²) >= 11 is 0. The van der Waals surface area contributed by atoms with E-state index >= 15 is 0 Å². The minimum atomic E-state index is -0.548. The molecule has 134 valence electrons. The van der Waals surface area contributed by atoms with Gasteiger partial charge in [0.1, 0.15) is 11.6 Å². The molecule has 1 heterocycles. The Kier molecular flexibility index (Phi) is 5.23. The largest absolute Gasteiger partial charge is 0.468 e. The van der Waals surface area contributed by atoms with Crippen LogP contribution in [0.1, 0.15) is 43.0 Å². The summed E-state index contributed by atoms with van der Waals surface area (Å²) in [6, 6.07) is 10.1. The highest BCUT2D eigenvalue weighted by molar-refractivity contribution is 5.88. The van der Waals surface area contributed by atoms with Crippen molar-refractivity contribution >= 4 is 5.91 Å². The summed E-state index contributed by atoms with van der Waals surface area (Å²) in [6.45, 7) is 0.474. The standard InChI is InChI=1S/C20H25FN2O2/c1-23(2)17(18-6-5-13-25-18)14-22-19(24)20(11-3-4-12-20)15-7-9-16(21)10-8-15/h5-10,13,17H,3-4,11-12,14H2,1-2H3,(H,22,24). The monoisotopic (exact) mass is 344 g/mol. The molecule has 1 fully saturated rings. The highest BCUT2D eigenvalue weighted by atomic mass is 19.1. The molecule has 25 heavy (non-hydrogen) atoms. The van der Waals surface area contributed by atoms with Crippen molar-refractivity contribution in [2.75, 3.05) is 20.6 Å². The number of hydrogen-bond acceptors (Lipinski definition) is 3. The number of benzene rings is 1. The van der Waals surface area contributed by atoms with Crippen molar-refractivity contribution in [2.24, 2.45) is 0 Å². The van der Waals surface area contributed by atoms with Crippen molar-refractivity contribution < 1.29 is 13.6 Å². The van der Waals surface area contributed by atoms with Gasteiger partial charge in [-0.15, -0.1) is 0 Å². The van der Waals surface area contributed by atoms with Gasteiger partial charge in [0.25, 0.3) is 0 Å². The predicted molar refractivity (Wildman–Crippen MR) is 94.7 cm³/mol. The number of halogens is 1. The van der Waals surface area contributed by atoms with Crippen LogP contribution in [0.5, 0.6) is 0 Å². The topological polar surface area (TPSA) is 45.5 Å². The van der Waals surface area contributed by atoms with Gasteiger partial charge in [0.05, 0.1) is 17.7 Å². The van der Waals surface area contributed by atoms with Crippen LogP contribution in [0.4, 0.5) is 4.39 Å². The van der Waals surface area contributed by atoms with E-state index in [0.29, 0.717) is 6.54 Å². The first-order valence-corrected chi connectivity index (χ1v) is 8.77. The van der Waals surface area contributed by atoms with E-state index in [-0.39, 0.29) is 17.8 Å². The van der Waals surface area contributed by atoms with E-state index in [4.69, 9.17) is 4.42 Å². The molecule has 0 bridgehead atoms. The fourth-order valence-corrected chi connectivity index (χ4v) is 3.77. The van der Waals surface area contributed by atoms with E-state index in [1.165, 1.54) is 12.1 Å².